The van der Waals surface area contributed by atoms with E-state index in [0.29, 0.717) is 12.6 Å². The van der Waals surface area contributed by atoms with Gasteiger partial charge in [-0.15, -0.1) is 0 Å². The first-order chi connectivity index (χ1) is 8.49. The van der Waals surface area contributed by atoms with Gasteiger partial charge in [-0.05, 0) is 50.4 Å². The van der Waals surface area contributed by atoms with E-state index in [-0.39, 0.29) is 0 Å². The number of likely N-dealkylation sites (N-methyl/N-ethyl adjacent to an activating group) is 1. The second-order valence-electron chi connectivity index (χ2n) is 5.27. The van der Waals surface area contributed by atoms with Crippen molar-refractivity contribution in [1.29, 1.82) is 0 Å². The average Bonchev–Trinajstić information content (AvgIpc) is 2.34. The number of rotatable bonds is 6. The fraction of sp³-hybridized carbons (Fsp3) is 0.625. The van der Waals surface area contributed by atoms with Crippen LogP contribution < -0.4 is 0 Å². The van der Waals surface area contributed by atoms with Gasteiger partial charge < -0.3 is 10.0 Å². The van der Waals surface area contributed by atoms with Gasteiger partial charge in [-0.3, -0.25) is 0 Å². The van der Waals surface area contributed by atoms with E-state index in [1.165, 1.54) is 11.1 Å². The lowest BCUT2D eigenvalue weighted by Crippen LogP contribution is -2.34. The van der Waals surface area contributed by atoms with Crippen molar-refractivity contribution < 1.29 is 5.11 Å². The first-order valence-corrected chi connectivity index (χ1v) is 6.95. The molecule has 0 fully saturated rings. The van der Waals surface area contributed by atoms with Crippen molar-refractivity contribution in [3.8, 4) is 0 Å². The third-order valence-corrected chi connectivity index (χ3v) is 3.94. The minimum absolute atomic E-state index is 0.394. The van der Waals surface area contributed by atoms with Crippen molar-refractivity contribution in [3.05, 3.63) is 34.9 Å². The molecule has 1 aromatic carbocycles. The zero-order valence-electron chi connectivity index (χ0n) is 12.4. The smallest absolute Gasteiger partial charge is 0.0917 e. The molecule has 1 N–H and O–H groups in total. The molecule has 18 heavy (non-hydrogen) atoms. The van der Waals surface area contributed by atoms with Crippen LogP contribution in [-0.4, -0.2) is 29.6 Å². The molecule has 1 aromatic rings. The quantitative estimate of drug-likeness (QED) is 0.834. The first kappa shape index (κ1) is 15.2. The van der Waals surface area contributed by atoms with Gasteiger partial charge in [0.15, 0.2) is 0 Å². The molecule has 0 saturated carbocycles. The summed E-state index contributed by atoms with van der Waals surface area (Å²) in [6, 6.07) is 6.78. The summed E-state index contributed by atoms with van der Waals surface area (Å²) < 4.78 is 0. The minimum Gasteiger partial charge on any atom is -0.387 e. The molecule has 0 aliphatic heterocycles. The maximum Gasteiger partial charge on any atom is 0.0917 e. The van der Waals surface area contributed by atoms with Crippen LogP contribution in [0.15, 0.2) is 18.2 Å². The van der Waals surface area contributed by atoms with E-state index in [4.69, 9.17) is 0 Å². The van der Waals surface area contributed by atoms with Gasteiger partial charge in [0.2, 0.25) is 0 Å². The SMILES string of the molecule is CCC(CC)N(C)CC(O)c1ccc(C)c(C)c1. The van der Waals surface area contributed by atoms with Crippen molar-refractivity contribution in [3.63, 3.8) is 0 Å². The zero-order valence-corrected chi connectivity index (χ0v) is 12.4. The van der Waals surface area contributed by atoms with Crippen LogP contribution >= 0.6 is 0 Å². The fourth-order valence-electron chi connectivity index (χ4n) is 2.41. The maximum absolute atomic E-state index is 10.3. The van der Waals surface area contributed by atoms with Crippen LogP contribution in [0.2, 0.25) is 0 Å². The largest absolute Gasteiger partial charge is 0.387 e. The van der Waals surface area contributed by atoms with E-state index in [0.717, 1.165) is 18.4 Å². The van der Waals surface area contributed by atoms with Gasteiger partial charge in [-0.25, -0.2) is 0 Å². The number of aliphatic hydroxyl groups excluding tert-OH is 1. The molecular formula is C16H27NO. The zero-order chi connectivity index (χ0) is 13.7. The van der Waals surface area contributed by atoms with E-state index in [1.54, 1.807) is 0 Å². The maximum atomic E-state index is 10.3. The summed E-state index contributed by atoms with van der Waals surface area (Å²) in [5, 5.41) is 10.3. The molecule has 0 aliphatic rings. The summed E-state index contributed by atoms with van der Waals surface area (Å²) >= 11 is 0. The Kier molecular flexibility index (Phi) is 5.83. The fourth-order valence-corrected chi connectivity index (χ4v) is 2.41. The van der Waals surface area contributed by atoms with Gasteiger partial charge >= 0.3 is 0 Å². The van der Waals surface area contributed by atoms with Crippen molar-refractivity contribution in [2.75, 3.05) is 13.6 Å². The van der Waals surface area contributed by atoms with Crippen molar-refractivity contribution in [2.24, 2.45) is 0 Å². The molecule has 0 aromatic heterocycles. The van der Waals surface area contributed by atoms with Crippen molar-refractivity contribution >= 4 is 0 Å². The molecule has 0 saturated heterocycles. The summed E-state index contributed by atoms with van der Waals surface area (Å²) in [5.41, 5.74) is 3.55. The highest BCUT2D eigenvalue weighted by Gasteiger charge is 2.16. The van der Waals surface area contributed by atoms with Gasteiger partial charge in [-0.1, -0.05) is 32.0 Å². The topological polar surface area (TPSA) is 23.5 Å². The second kappa shape index (κ2) is 6.91. The minimum atomic E-state index is -0.394. The van der Waals surface area contributed by atoms with E-state index >= 15 is 0 Å². The number of aliphatic hydroxyl groups is 1. The number of benzene rings is 1. The molecule has 0 heterocycles. The van der Waals surface area contributed by atoms with E-state index in [9.17, 15) is 5.11 Å². The van der Waals surface area contributed by atoms with Crippen LogP contribution in [0.25, 0.3) is 0 Å². The molecule has 2 nitrogen and oxygen atoms in total. The summed E-state index contributed by atoms with van der Waals surface area (Å²) in [4.78, 5) is 2.26. The molecule has 1 atom stereocenters. The molecule has 0 spiro atoms. The predicted molar refractivity (Wildman–Crippen MR) is 77.9 cm³/mol. The lowest BCUT2D eigenvalue weighted by Gasteiger charge is -2.28. The van der Waals surface area contributed by atoms with Gasteiger partial charge in [0.05, 0.1) is 6.10 Å². The normalized spacial score (nSPS) is 13.3. The highest BCUT2D eigenvalue weighted by atomic mass is 16.3. The van der Waals surface area contributed by atoms with Crippen LogP contribution in [0.5, 0.6) is 0 Å². The molecule has 0 bridgehead atoms. The number of nitrogens with zero attached hydrogens (tertiary/aromatic N) is 1. The molecule has 0 radical (unpaired) electrons. The van der Waals surface area contributed by atoms with E-state index in [2.05, 4.69) is 51.8 Å². The van der Waals surface area contributed by atoms with Crippen LogP contribution in [0.4, 0.5) is 0 Å². The first-order valence-electron chi connectivity index (χ1n) is 6.95. The summed E-state index contributed by atoms with van der Waals surface area (Å²) in [6.45, 7) is 9.30. The van der Waals surface area contributed by atoms with Crippen LogP contribution in [-0.2, 0) is 0 Å². The Morgan fingerprint density at radius 1 is 1.11 bits per heavy atom. The predicted octanol–water partition coefficient (Wildman–Crippen LogP) is 3.46. The lowest BCUT2D eigenvalue weighted by molar-refractivity contribution is 0.101. The Balaban J connectivity index is 2.69. The third kappa shape index (κ3) is 3.82. The summed E-state index contributed by atoms with van der Waals surface area (Å²) in [5.74, 6) is 0. The van der Waals surface area contributed by atoms with Gasteiger partial charge in [0.1, 0.15) is 0 Å². The van der Waals surface area contributed by atoms with Crippen LogP contribution in [0.3, 0.4) is 0 Å². The molecule has 1 rings (SSSR count). The Hall–Kier alpha value is -0.860. The summed E-state index contributed by atoms with van der Waals surface area (Å²) in [6.07, 6.45) is 1.87. The third-order valence-electron chi connectivity index (χ3n) is 3.94. The van der Waals surface area contributed by atoms with E-state index < -0.39 is 6.10 Å². The highest BCUT2D eigenvalue weighted by molar-refractivity contribution is 5.31. The van der Waals surface area contributed by atoms with Crippen LogP contribution in [0.1, 0.15) is 49.5 Å². The Morgan fingerprint density at radius 3 is 2.22 bits per heavy atom. The molecule has 1 unspecified atom stereocenters. The Morgan fingerprint density at radius 2 is 1.72 bits per heavy atom. The number of hydrogen-bond acceptors (Lipinski definition) is 2. The van der Waals surface area contributed by atoms with E-state index in [1.807, 2.05) is 6.07 Å². The lowest BCUT2D eigenvalue weighted by atomic mass is 10.0. The summed E-state index contributed by atoms with van der Waals surface area (Å²) in [7, 11) is 2.10. The van der Waals surface area contributed by atoms with Crippen molar-refractivity contribution in [2.45, 2.75) is 52.7 Å². The number of aryl methyl sites for hydroxylation is 2. The molecule has 102 valence electrons. The Bertz CT molecular complexity index is 371. The number of hydrogen-bond donors (Lipinski definition) is 1. The van der Waals surface area contributed by atoms with Crippen LogP contribution in [0, 0.1) is 13.8 Å². The monoisotopic (exact) mass is 249 g/mol. The molecule has 2 heteroatoms. The highest BCUT2D eigenvalue weighted by Crippen LogP contribution is 2.19. The second-order valence-corrected chi connectivity index (χ2v) is 5.27. The van der Waals surface area contributed by atoms with Gasteiger partial charge in [0, 0.05) is 12.6 Å². The molecule has 0 amide bonds. The molecular weight excluding hydrogens is 222 g/mol. The Labute approximate surface area is 112 Å². The average molecular weight is 249 g/mol. The van der Waals surface area contributed by atoms with Crippen molar-refractivity contribution in [1.82, 2.24) is 4.90 Å². The van der Waals surface area contributed by atoms with Gasteiger partial charge in [0.25, 0.3) is 0 Å². The van der Waals surface area contributed by atoms with Gasteiger partial charge in [-0.2, -0.15) is 0 Å². The molecule has 0 aliphatic carbocycles. The standard InChI is InChI=1S/C16H27NO/c1-6-15(7-2)17(5)11-16(18)14-9-8-12(3)13(4)10-14/h8-10,15-16,18H,6-7,11H2,1-5H3.